The summed E-state index contributed by atoms with van der Waals surface area (Å²) in [5.74, 6) is 0.410. The van der Waals surface area contributed by atoms with Crippen molar-refractivity contribution in [1.29, 1.82) is 0 Å². The second kappa shape index (κ2) is 4.53. The Bertz CT molecular complexity index is 496. The minimum Gasteiger partial charge on any atom is -0.364 e. The van der Waals surface area contributed by atoms with Gasteiger partial charge >= 0.3 is 0 Å². The lowest BCUT2D eigenvalue weighted by atomic mass is 10.2. The maximum Gasteiger partial charge on any atom is 0.148 e. The van der Waals surface area contributed by atoms with Gasteiger partial charge in [0.2, 0.25) is 0 Å². The van der Waals surface area contributed by atoms with Crippen LogP contribution in [-0.4, -0.2) is 9.78 Å². The lowest BCUT2D eigenvalue weighted by Gasteiger charge is -2.04. The van der Waals surface area contributed by atoms with Gasteiger partial charge in [-0.1, -0.05) is 17.7 Å². The van der Waals surface area contributed by atoms with Crippen molar-refractivity contribution in [1.82, 2.24) is 9.78 Å². The fraction of sp³-hybridized carbons (Fsp3) is 0.182. The molecule has 84 valence electrons. The number of rotatable bonds is 3. The number of nitrogens with one attached hydrogen (secondary N) is 1. The minimum absolute atomic E-state index is 0.309. The molecular formula is C11H11ClFN3. The van der Waals surface area contributed by atoms with Crippen molar-refractivity contribution in [3.8, 4) is 0 Å². The monoisotopic (exact) mass is 239 g/mol. The van der Waals surface area contributed by atoms with E-state index in [1.165, 1.54) is 6.07 Å². The van der Waals surface area contributed by atoms with Gasteiger partial charge < -0.3 is 5.32 Å². The molecule has 1 aromatic heterocycles. The fourth-order valence-corrected chi connectivity index (χ4v) is 1.52. The highest BCUT2D eigenvalue weighted by Crippen LogP contribution is 2.15. The Hall–Kier alpha value is -1.55. The van der Waals surface area contributed by atoms with Crippen LogP contribution in [0.4, 0.5) is 10.2 Å². The molecule has 2 rings (SSSR count). The molecule has 0 unspecified atom stereocenters. The Balaban J connectivity index is 2.04. The normalized spacial score (nSPS) is 10.4. The summed E-state index contributed by atoms with van der Waals surface area (Å²) in [6.45, 7) is 0.389. The van der Waals surface area contributed by atoms with E-state index in [1.54, 1.807) is 16.8 Å². The summed E-state index contributed by atoms with van der Waals surface area (Å²) in [7, 11) is 1.83. The Morgan fingerprint density at radius 2 is 2.25 bits per heavy atom. The Morgan fingerprint density at radius 3 is 2.88 bits per heavy atom. The Morgan fingerprint density at radius 1 is 1.44 bits per heavy atom. The highest BCUT2D eigenvalue weighted by Gasteiger charge is 2.03. The highest BCUT2D eigenvalue weighted by atomic mass is 35.5. The summed E-state index contributed by atoms with van der Waals surface area (Å²) >= 11 is 5.66. The highest BCUT2D eigenvalue weighted by molar-refractivity contribution is 6.30. The first-order valence-corrected chi connectivity index (χ1v) is 5.20. The number of nitrogens with zero attached hydrogens (tertiary/aromatic N) is 2. The van der Waals surface area contributed by atoms with Gasteiger partial charge in [0.05, 0.1) is 0 Å². The van der Waals surface area contributed by atoms with E-state index in [1.807, 2.05) is 19.3 Å². The van der Waals surface area contributed by atoms with Gasteiger partial charge in [0.15, 0.2) is 0 Å². The molecular weight excluding hydrogens is 229 g/mol. The van der Waals surface area contributed by atoms with E-state index in [4.69, 9.17) is 11.6 Å². The van der Waals surface area contributed by atoms with E-state index in [2.05, 4.69) is 10.4 Å². The zero-order valence-corrected chi connectivity index (χ0v) is 9.50. The van der Waals surface area contributed by atoms with Crippen LogP contribution in [-0.2, 0) is 13.6 Å². The largest absolute Gasteiger partial charge is 0.364 e. The lowest BCUT2D eigenvalue weighted by Crippen LogP contribution is -2.02. The predicted octanol–water partition coefficient (Wildman–Crippen LogP) is 2.82. The van der Waals surface area contributed by atoms with E-state index >= 15 is 0 Å². The number of aromatic nitrogens is 2. The van der Waals surface area contributed by atoms with Gasteiger partial charge in [-0.3, -0.25) is 4.68 Å². The van der Waals surface area contributed by atoms with Crippen LogP contribution in [0, 0.1) is 5.82 Å². The standard InChI is InChI=1S/C11H11ClFN3/c1-16-5-4-11(15-16)14-7-8-2-3-9(12)6-10(8)13/h2-6H,7H2,1H3,(H,14,15). The SMILES string of the molecule is Cn1ccc(NCc2ccc(Cl)cc2F)n1. The maximum absolute atomic E-state index is 13.4. The van der Waals surface area contributed by atoms with Crippen molar-refractivity contribution >= 4 is 17.4 Å². The minimum atomic E-state index is -0.309. The van der Waals surface area contributed by atoms with Gasteiger partial charge in [-0.2, -0.15) is 5.10 Å². The molecule has 1 heterocycles. The molecule has 0 atom stereocenters. The van der Waals surface area contributed by atoms with E-state index in [0.717, 1.165) is 5.82 Å². The second-order valence-corrected chi connectivity index (χ2v) is 3.90. The molecule has 2 aromatic rings. The average Bonchev–Trinajstić information content (AvgIpc) is 2.63. The van der Waals surface area contributed by atoms with Gasteiger partial charge in [0.1, 0.15) is 11.6 Å². The number of aryl methyl sites for hydroxylation is 1. The zero-order chi connectivity index (χ0) is 11.5. The van der Waals surface area contributed by atoms with Crippen LogP contribution in [0.25, 0.3) is 0 Å². The van der Waals surface area contributed by atoms with Gasteiger partial charge in [0.25, 0.3) is 0 Å². The first kappa shape index (κ1) is 11.0. The van der Waals surface area contributed by atoms with Crippen LogP contribution in [0.15, 0.2) is 30.5 Å². The van der Waals surface area contributed by atoms with Gasteiger partial charge in [-0.05, 0) is 12.1 Å². The number of hydrogen-bond donors (Lipinski definition) is 1. The first-order chi connectivity index (χ1) is 7.65. The van der Waals surface area contributed by atoms with Gasteiger partial charge in [-0.15, -0.1) is 0 Å². The van der Waals surface area contributed by atoms with Crippen molar-refractivity contribution in [2.45, 2.75) is 6.54 Å². The van der Waals surface area contributed by atoms with Crippen LogP contribution >= 0.6 is 11.6 Å². The molecule has 0 amide bonds. The molecule has 0 aliphatic rings. The summed E-state index contributed by atoms with van der Waals surface area (Å²) in [6, 6.07) is 6.46. The molecule has 0 aliphatic carbocycles. The molecule has 0 radical (unpaired) electrons. The quantitative estimate of drug-likeness (QED) is 0.893. The van der Waals surface area contributed by atoms with Crippen LogP contribution in [0.1, 0.15) is 5.56 Å². The molecule has 0 saturated heterocycles. The van der Waals surface area contributed by atoms with Crippen molar-refractivity contribution in [2.75, 3.05) is 5.32 Å². The number of halogens is 2. The third-order valence-corrected chi connectivity index (χ3v) is 2.42. The van der Waals surface area contributed by atoms with Crippen molar-refractivity contribution < 1.29 is 4.39 Å². The van der Waals surface area contributed by atoms with Crippen LogP contribution in [0.2, 0.25) is 5.02 Å². The molecule has 0 bridgehead atoms. The number of anilines is 1. The molecule has 3 nitrogen and oxygen atoms in total. The zero-order valence-electron chi connectivity index (χ0n) is 8.74. The molecule has 0 fully saturated rings. The summed E-state index contributed by atoms with van der Waals surface area (Å²) in [5.41, 5.74) is 0.565. The third-order valence-electron chi connectivity index (χ3n) is 2.19. The third kappa shape index (κ3) is 2.52. The number of hydrogen-bond acceptors (Lipinski definition) is 2. The molecule has 5 heteroatoms. The Kier molecular flexibility index (Phi) is 3.10. The lowest BCUT2D eigenvalue weighted by molar-refractivity contribution is 0.613. The summed E-state index contributed by atoms with van der Waals surface area (Å²) in [4.78, 5) is 0. The van der Waals surface area contributed by atoms with E-state index in [0.29, 0.717) is 17.1 Å². The second-order valence-electron chi connectivity index (χ2n) is 3.46. The molecule has 1 N–H and O–H groups in total. The van der Waals surface area contributed by atoms with Gasteiger partial charge in [-0.25, -0.2) is 4.39 Å². The van der Waals surface area contributed by atoms with Gasteiger partial charge in [0, 0.05) is 36.4 Å². The predicted molar refractivity (Wildman–Crippen MR) is 61.9 cm³/mol. The van der Waals surface area contributed by atoms with Crippen molar-refractivity contribution in [2.24, 2.45) is 7.05 Å². The molecule has 0 saturated carbocycles. The molecule has 1 aromatic carbocycles. The van der Waals surface area contributed by atoms with Crippen LogP contribution < -0.4 is 5.32 Å². The summed E-state index contributed by atoms with van der Waals surface area (Å²) in [5, 5.41) is 7.56. The molecule has 0 spiro atoms. The topological polar surface area (TPSA) is 29.9 Å². The van der Waals surface area contributed by atoms with Crippen molar-refractivity contribution in [3.05, 3.63) is 46.9 Å². The van der Waals surface area contributed by atoms with E-state index in [9.17, 15) is 4.39 Å². The smallest absolute Gasteiger partial charge is 0.148 e. The summed E-state index contributed by atoms with van der Waals surface area (Å²) < 4.78 is 15.1. The molecule has 0 aliphatic heterocycles. The number of benzene rings is 1. The maximum atomic E-state index is 13.4. The average molecular weight is 240 g/mol. The fourth-order valence-electron chi connectivity index (χ4n) is 1.36. The van der Waals surface area contributed by atoms with Crippen LogP contribution in [0.3, 0.4) is 0 Å². The summed E-state index contributed by atoms with van der Waals surface area (Å²) in [6.07, 6.45) is 1.82. The van der Waals surface area contributed by atoms with Crippen molar-refractivity contribution in [3.63, 3.8) is 0 Å². The van der Waals surface area contributed by atoms with E-state index in [-0.39, 0.29) is 5.82 Å². The van der Waals surface area contributed by atoms with E-state index < -0.39 is 0 Å². The Labute approximate surface area is 97.8 Å². The molecule has 16 heavy (non-hydrogen) atoms. The van der Waals surface area contributed by atoms with Crippen LogP contribution in [0.5, 0.6) is 0 Å². The first-order valence-electron chi connectivity index (χ1n) is 4.82.